The predicted molar refractivity (Wildman–Crippen MR) is 149 cm³/mol. The molecule has 0 N–H and O–H groups in total. The van der Waals surface area contributed by atoms with Gasteiger partial charge in [0.1, 0.15) is 12.4 Å². The van der Waals surface area contributed by atoms with Crippen molar-refractivity contribution in [2.75, 3.05) is 6.61 Å². The second kappa shape index (κ2) is 11.1. The van der Waals surface area contributed by atoms with Gasteiger partial charge in [-0.15, -0.1) is 0 Å². The lowest BCUT2D eigenvalue weighted by atomic mass is 9.60. The van der Waals surface area contributed by atoms with E-state index in [1.54, 1.807) is 6.08 Å². The van der Waals surface area contributed by atoms with E-state index < -0.39 is 8.07 Å². The number of nitrogens with zero attached hydrogens (tertiary/aromatic N) is 5. The molecule has 1 fully saturated rings. The Morgan fingerprint density at radius 1 is 1.28 bits per heavy atom. The van der Waals surface area contributed by atoms with Crippen molar-refractivity contribution in [1.29, 1.82) is 5.26 Å². The summed E-state index contributed by atoms with van der Waals surface area (Å²) in [7, 11) is -1.10. The van der Waals surface area contributed by atoms with Crippen molar-refractivity contribution in [2.24, 2.45) is 17.3 Å². The van der Waals surface area contributed by atoms with Crippen LogP contribution in [-0.4, -0.2) is 34.0 Å². The maximum Gasteiger partial charge on any atom is 0.142 e. The van der Waals surface area contributed by atoms with Crippen LogP contribution in [0.3, 0.4) is 0 Å². The Labute approximate surface area is 217 Å². The van der Waals surface area contributed by atoms with Crippen LogP contribution < -0.4 is 0 Å². The highest BCUT2D eigenvalue weighted by Gasteiger charge is 2.42. The van der Waals surface area contributed by atoms with Crippen LogP contribution in [-0.2, 0) is 18.0 Å². The average molecular weight is 504 g/mol. The second-order valence-electron chi connectivity index (χ2n) is 12.2. The first-order valence-electron chi connectivity index (χ1n) is 13.3. The molecule has 0 bridgehead atoms. The first-order valence-corrected chi connectivity index (χ1v) is 17.0. The number of aromatic nitrogens is 4. The molecule has 0 amide bonds. The molecular formula is C29H41N5OSi. The molecule has 0 saturated heterocycles. The highest BCUT2D eigenvalue weighted by molar-refractivity contribution is 6.76. The molecule has 1 aliphatic rings. The van der Waals surface area contributed by atoms with Gasteiger partial charge in [-0.1, -0.05) is 52.4 Å². The van der Waals surface area contributed by atoms with Crippen molar-refractivity contribution in [2.45, 2.75) is 78.5 Å². The van der Waals surface area contributed by atoms with E-state index in [1.807, 2.05) is 12.4 Å². The number of nitriles is 1. The van der Waals surface area contributed by atoms with Crippen molar-refractivity contribution >= 4 is 19.1 Å². The molecular weight excluding hydrogens is 462 g/mol. The number of ether oxygens (including phenoxy) is 1. The summed E-state index contributed by atoms with van der Waals surface area (Å²) >= 11 is 0. The normalized spacial score (nSPS) is 20.3. The quantitative estimate of drug-likeness (QED) is 0.150. The van der Waals surface area contributed by atoms with Crippen molar-refractivity contribution in [3.63, 3.8) is 0 Å². The van der Waals surface area contributed by atoms with E-state index in [1.165, 1.54) is 12.8 Å². The van der Waals surface area contributed by atoms with Crippen LogP contribution in [0.1, 0.15) is 39.5 Å². The molecule has 3 heterocycles. The van der Waals surface area contributed by atoms with Gasteiger partial charge in [-0.25, -0.2) is 4.98 Å². The molecule has 7 heteroatoms. The van der Waals surface area contributed by atoms with Gasteiger partial charge in [0.25, 0.3) is 0 Å². The topological polar surface area (TPSA) is 68.7 Å². The third kappa shape index (κ3) is 6.54. The maximum atomic E-state index is 9.14. The number of rotatable bonds is 12. The zero-order chi connectivity index (χ0) is 25.8. The van der Waals surface area contributed by atoms with Gasteiger partial charge in [0.2, 0.25) is 0 Å². The van der Waals surface area contributed by atoms with Gasteiger partial charge >= 0.3 is 0 Å². The van der Waals surface area contributed by atoms with Crippen molar-refractivity contribution in [1.82, 2.24) is 19.3 Å². The molecule has 0 radical (unpaired) electrons. The van der Waals surface area contributed by atoms with Crippen LogP contribution in [0.2, 0.25) is 25.7 Å². The number of pyridine rings is 1. The van der Waals surface area contributed by atoms with Crippen molar-refractivity contribution in [3.8, 4) is 17.2 Å². The molecule has 0 atom stereocenters. The van der Waals surface area contributed by atoms with Crippen LogP contribution in [0.15, 0.2) is 49.1 Å². The monoisotopic (exact) mass is 503 g/mol. The summed E-state index contributed by atoms with van der Waals surface area (Å²) in [4.78, 5) is 4.64. The molecule has 192 valence electrons. The zero-order valence-corrected chi connectivity index (χ0v) is 23.6. The van der Waals surface area contributed by atoms with Gasteiger partial charge in [-0.2, -0.15) is 10.4 Å². The molecule has 0 spiro atoms. The van der Waals surface area contributed by atoms with Gasteiger partial charge in [0.15, 0.2) is 0 Å². The lowest BCUT2D eigenvalue weighted by molar-refractivity contribution is 0.0729. The van der Waals surface area contributed by atoms with E-state index in [0.717, 1.165) is 66.0 Å². The first-order chi connectivity index (χ1) is 17.2. The number of allylic oxidation sites excluding steroid dienone is 2. The Bertz CT molecular complexity index is 1220. The summed E-state index contributed by atoms with van der Waals surface area (Å²) in [5.74, 6) is 1.49. The fourth-order valence-corrected chi connectivity index (χ4v) is 6.05. The molecule has 1 saturated carbocycles. The van der Waals surface area contributed by atoms with Gasteiger partial charge in [0, 0.05) is 55.7 Å². The zero-order valence-electron chi connectivity index (χ0n) is 22.6. The highest BCUT2D eigenvalue weighted by Crippen LogP contribution is 2.50. The summed E-state index contributed by atoms with van der Waals surface area (Å²) in [5, 5.41) is 15.0. The van der Waals surface area contributed by atoms with Crippen LogP contribution in [0.4, 0.5) is 0 Å². The lowest BCUT2D eigenvalue weighted by Crippen LogP contribution is -2.39. The Balaban J connectivity index is 1.45. The van der Waals surface area contributed by atoms with E-state index in [0.29, 0.717) is 6.73 Å². The maximum absolute atomic E-state index is 9.14. The third-order valence-electron chi connectivity index (χ3n) is 7.36. The smallest absolute Gasteiger partial charge is 0.142 e. The largest absolute Gasteiger partial charge is 0.361 e. The summed E-state index contributed by atoms with van der Waals surface area (Å²) < 4.78 is 10.1. The molecule has 0 aliphatic heterocycles. The Morgan fingerprint density at radius 3 is 2.81 bits per heavy atom. The van der Waals surface area contributed by atoms with Gasteiger partial charge in [-0.05, 0) is 48.4 Å². The number of hydrogen-bond acceptors (Lipinski definition) is 4. The lowest BCUT2D eigenvalue weighted by Gasteiger charge is -2.46. The fourth-order valence-electron chi connectivity index (χ4n) is 5.29. The van der Waals surface area contributed by atoms with Crippen molar-refractivity contribution < 1.29 is 4.74 Å². The predicted octanol–water partition coefficient (Wildman–Crippen LogP) is 7.12. The molecule has 1 aliphatic carbocycles. The minimum Gasteiger partial charge on any atom is -0.361 e. The number of hydrogen-bond donors (Lipinski definition) is 0. The van der Waals surface area contributed by atoms with Crippen LogP contribution >= 0.6 is 0 Å². The Kier molecular flexibility index (Phi) is 8.16. The summed E-state index contributed by atoms with van der Waals surface area (Å²) in [6, 6.07) is 7.54. The van der Waals surface area contributed by atoms with E-state index in [4.69, 9.17) is 15.1 Å². The average Bonchev–Trinajstić information content (AvgIpc) is 3.43. The molecule has 3 aromatic rings. The van der Waals surface area contributed by atoms with Crippen molar-refractivity contribution in [3.05, 3.63) is 49.1 Å². The van der Waals surface area contributed by atoms with E-state index >= 15 is 0 Å². The molecule has 36 heavy (non-hydrogen) atoms. The van der Waals surface area contributed by atoms with Crippen LogP contribution in [0.25, 0.3) is 22.2 Å². The van der Waals surface area contributed by atoms with E-state index in [9.17, 15) is 0 Å². The third-order valence-corrected chi connectivity index (χ3v) is 9.07. The molecule has 0 aromatic carbocycles. The summed E-state index contributed by atoms with van der Waals surface area (Å²) in [6.45, 7) is 13.8. The van der Waals surface area contributed by atoms with E-state index in [-0.39, 0.29) is 5.41 Å². The molecule has 0 unspecified atom stereocenters. The highest BCUT2D eigenvalue weighted by atomic mass is 28.3. The van der Waals surface area contributed by atoms with Gasteiger partial charge in [0.05, 0.1) is 18.8 Å². The molecule has 4 rings (SSSR count). The van der Waals surface area contributed by atoms with Crippen LogP contribution in [0.5, 0.6) is 0 Å². The van der Waals surface area contributed by atoms with Gasteiger partial charge < -0.3 is 9.30 Å². The Hall–Kier alpha value is -2.69. The molecule has 6 nitrogen and oxygen atoms in total. The fraction of sp³-hybridized carbons (Fsp3) is 0.552. The minimum atomic E-state index is -1.10. The van der Waals surface area contributed by atoms with E-state index in [2.05, 4.69) is 84.4 Å². The SMILES string of the molecule is CC(C)CCC1CC(C=CC#N)(Cn2cc(-c3ccnc4c3ccn4COCC[Si](C)(C)C)cn2)C1. The first kappa shape index (κ1) is 26.4. The van der Waals surface area contributed by atoms with Gasteiger partial charge in [-0.3, -0.25) is 4.68 Å². The summed E-state index contributed by atoms with van der Waals surface area (Å²) in [5.41, 5.74) is 3.20. The summed E-state index contributed by atoms with van der Waals surface area (Å²) in [6.07, 6.45) is 16.6. The standard InChI is InChI=1S/C29H41N5OSi/c1-23(2)7-8-24-17-29(18-24,11-6-12-30)21-34-20-25(19-32-34)26-9-13-31-28-27(26)10-14-33(28)22-35-15-16-36(3,4)5/h6,9-11,13-14,19-20,23-24H,7-8,15-18,21-22H2,1-5H3. The van der Waals surface area contributed by atoms with Crippen LogP contribution in [0, 0.1) is 28.6 Å². The number of fused-ring (bicyclic) bond motifs is 1. The molecule has 3 aromatic heterocycles. The minimum absolute atomic E-state index is 0.0325. The Morgan fingerprint density at radius 2 is 2.08 bits per heavy atom. The second-order valence-corrected chi connectivity index (χ2v) is 17.8.